The Morgan fingerprint density at radius 2 is 1.55 bits per heavy atom. The first kappa shape index (κ1) is 57.6. The normalized spacial score (nSPS) is 49.5. The molecule has 15 heteroatoms. The Hall–Kier alpha value is -2.04. The summed E-state index contributed by atoms with van der Waals surface area (Å²) in [5.74, 6) is -2.76. The van der Waals surface area contributed by atoms with Gasteiger partial charge in [-0.1, -0.05) is 81.2 Å². The minimum atomic E-state index is -1.20. The molecular weight excluding hydrogens is 959 g/mol. The number of Topliss-reactive ketones (excluding diaryl/α,β-unsaturated/α-hetero) is 1. The largest absolute Gasteiger partial charge is 0.435 e. The van der Waals surface area contributed by atoms with E-state index in [9.17, 15) is 15.0 Å². The molecule has 9 aliphatic heterocycles. The van der Waals surface area contributed by atoms with Gasteiger partial charge in [0, 0.05) is 48.3 Å². The van der Waals surface area contributed by atoms with Gasteiger partial charge in [0.05, 0.1) is 66.3 Å². The molecule has 26 atom stereocenters. The Morgan fingerprint density at radius 3 is 2.24 bits per heavy atom. The standard InChI is InChI=1S/C60H95NO14/c1-15-31-61-46-24-28-58(73-59(46)30-29-55(13,72-59)47-25-27-57(65,18-4)40(12)66-47)36(8)32-35(7)51(70-58)42(17-3)49(63)38(10)48(62)39(11)50-34(6)20-22-45(67-50)41(16-2)52(64)68-53-37(9)44-21-19-33(5)43-23-26-56(14)71-54(69-53)60(43,44)75-74-56/h1,24,28,33-48,50-51,53-54,61-62,65H,16-23,25-27,29-32H2,2-14H3/t33-,34+,35+,36-,37-,38+,39+,40+,41-,42+,43+,44+,45-,46-,47-,48-,50-,51+,53?,54-,55+,56?,57-,58+,59+,60-/m1/s1. The summed E-state index contributed by atoms with van der Waals surface area (Å²) in [5.41, 5.74) is -2.35. The average molecular weight is 1050 g/mol. The second-order valence-electron chi connectivity index (χ2n) is 25.9. The molecule has 0 aromatic carbocycles. The van der Waals surface area contributed by atoms with Crippen LogP contribution in [-0.2, 0) is 57.3 Å². The average Bonchev–Trinajstić information content (AvgIpc) is 3.61. The predicted molar refractivity (Wildman–Crippen MR) is 279 cm³/mol. The molecule has 9 fully saturated rings. The van der Waals surface area contributed by atoms with Crippen LogP contribution in [0.4, 0.5) is 0 Å². The minimum Gasteiger partial charge on any atom is -0.435 e. The van der Waals surface area contributed by atoms with Crippen LogP contribution < -0.4 is 5.32 Å². The summed E-state index contributed by atoms with van der Waals surface area (Å²) in [6.45, 7) is 26.8. The molecule has 75 heavy (non-hydrogen) atoms. The Kier molecular flexibility index (Phi) is 16.7. The van der Waals surface area contributed by atoms with Gasteiger partial charge in [0.1, 0.15) is 5.78 Å². The molecule has 0 aromatic heterocycles. The third-order valence-corrected chi connectivity index (χ3v) is 21.2. The van der Waals surface area contributed by atoms with Crippen LogP contribution in [0.3, 0.4) is 0 Å². The van der Waals surface area contributed by atoms with Gasteiger partial charge in [-0.2, -0.15) is 0 Å². The van der Waals surface area contributed by atoms with Crippen molar-refractivity contribution in [3.63, 3.8) is 0 Å². The zero-order valence-electron chi connectivity index (χ0n) is 47.7. The number of esters is 1. The first-order chi connectivity index (χ1) is 35.5. The lowest BCUT2D eigenvalue weighted by Crippen LogP contribution is -2.70. The summed E-state index contributed by atoms with van der Waals surface area (Å²) in [4.78, 5) is 41.7. The minimum absolute atomic E-state index is 0.00997. The van der Waals surface area contributed by atoms with Crippen molar-refractivity contribution >= 4 is 11.8 Å². The van der Waals surface area contributed by atoms with Crippen LogP contribution in [0, 0.1) is 77.4 Å². The first-order valence-electron chi connectivity index (χ1n) is 29.6. The fraction of sp³-hybridized carbons (Fsp3) is 0.900. The summed E-state index contributed by atoms with van der Waals surface area (Å²) in [6.07, 6.45) is 15.2. The maximum Gasteiger partial charge on any atom is 0.313 e. The van der Waals surface area contributed by atoms with Crippen LogP contribution in [0.2, 0.25) is 0 Å². The van der Waals surface area contributed by atoms with Crippen LogP contribution >= 0.6 is 0 Å². The number of rotatable bonds is 15. The van der Waals surface area contributed by atoms with E-state index in [1.165, 1.54) is 0 Å². The molecule has 0 amide bonds. The van der Waals surface area contributed by atoms with Crippen molar-refractivity contribution in [2.75, 3.05) is 6.54 Å². The van der Waals surface area contributed by atoms with E-state index in [1.807, 2.05) is 54.5 Å². The van der Waals surface area contributed by atoms with Crippen molar-refractivity contribution in [3.8, 4) is 12.3 Å². The molecule has 2 bridgehead atoms. The Morgan fingerprint density at radius 1 is 0.813 bits per heavy atom. The summed E-state index contributed by atoms with van der Waals surface area (Å²) in [5, 5.41) is 27.0. The molecular formula is C60H95NO14. The van der Waals surface area contributed by atoms with Gasteiger partial charge in [-0.25, -0.2) is 9.78 Å². The van der Waals surface area contributed by atoms with Crippen LogP contribution in [-0.4, -0.2) is 118 Å². The lowest BCUT2D eigenvalue weighted by molar-refractivity contribution is -0.576. The number of nitrogens with one attached hydrogen (secondary N) is 1. The van der Waals surface area contributed by atoms with Gasteiger partial charge in [0.2, 0.25) is 12.1 Å². The number of hydrogen-bond acceptors (Lipinski definition) is 15. The smallest absolute Gasteiger partial charge is 0.313 e. The Bertz CT molecular complexity index is 2120. The molecule has 424 valence electrons. The molecule has 1 aliphatic carbocycles. The second-order valence-corrected chi connectivity index (χ2v) is 25.9. The SMILES string of the molecule is C#CCN[C@@H]1C=C[C@]2(O[C@H]([C@@H](CC)C(=O)[C@@H](C)[C@@H](O)[C@H](C)[C@@H]3O[C@@H]([C@@H](CC)C(=O)OC4O[C@@H]5OC6(C)CC[C@H]7[C@H](C)CC[C@@H]([C@H]4C)[C@@]57OO6)CC[C@@H]3C)[C@@H](C)C[C@H]2C)O[C@@]12CC[C@@](C)([C@H]1CC[C@](O)(CC)[C@H](C)O1)O2. The topological polar surface area (TPSA) is 179 Å². The maximum absolute atomic E-state index is 15.0. The molecule has 15 nitrogen and oxygen atoms in total. The number of aliphatic hydroxyl groups is 2. The highest BCUT2D eigenvalue weighted by atomic mass is 17.3. The molecule has 8 saturated heterocycles. The molecule has 1 saturated carbocycles. The van der Waals surface area contributed by atoms with E-state index >= 15 is 4.79 Å². The second kappa shape index (κ2) is 21.8. The fourth-order valence-electron chi connectivity index (χ4n) is 16.1. The highest BCUT2D eigenvalue weighted by Gasteiger charge is 2.70. The van der Waals surface area contributed by atoms with Gasteiger partial charge >= 0.3 is 5.97 Å². The zero-order chi connectivity index (χ0) is 54.2. The van der Waals surface area contributed by atoms with Gasteiger partial charge in [0.15, 0.2) is 23.5 Å². The van der Waals surface area contributed by atoms with Crippen LogP contribution in [0.1, 0.15) is 180 Å². The predicted octanol–water partition coefficient (Wildman–Crippen LogP) is 9.09. The molecule has 9 heterocycles. The highest BCUT2D eigenvalue weighted by Crippen LogP contribution is 2.61. The number of ether oxygens (including phenoxy) is 8. The summed E-state index contributed by atoms with van der Waals surface area (Å²) < 4.78 is 54.8. The van der Waals surface area contributed by atoms with E-state index in [0.29, 0.717) is 70.3 Å². The highest BCUT2D eigenvalue weighted by molar-refractivity contribution is 5.84. The number of terminal acetylenes is 1. The van der Waals surface area contributed by atoms with Crippen molar-refractivity contribution in [2.24, 2.45) is 65.1 Å². The first-order valence-corrected chi connectivity index (χ1v) is 29.6. The summed E-state index contributed by atoms with van der Waals surface area (Å²) >= 11 is 0. The molecule has 10 rings (SSSR count). The summed E-state index contributed by atoms with van der Waals surface area (Å²) in [6, 6.07) is -0.377. The van der Waals surface area contributed by atoms with E-state index in [1.54, 1.807) is 0 Å². The molecule has 10 aliphatic rings. The maximum atomic E-state index is 15.0. The van der Waals surface area contributed by atoms with Crippen molar-refractivity contribution < 1.29 is 67.5 Å². The Labute approximate surface area is 448 Å². The molecule has 3 spiro atoms. The van der Waals surface area contributed by atoms with Crippen LogP contribution in [0.5, 0.6) is 0 Å². The van der Waals surface area contributed by atoms with E-state index in [2.05, 4.69) is 58.9 Å². The van der Waals surface area contributed by atoms with Crippen molar-refractivity contribution in [1.29, 1.82) is 0 Å². The van der Waals surface area contributed by atoms with Gasteiger partial charge in [0.25, 0.3) is 0 Å². The van der Waals surface area contributed by atoms with E-state index in [4.69, 9.17) is 54.1 Å². The molecule has 2 unspecified atom stereocenters. The lowest BCUT2D eigenvalue weighted by Gasteiger charge is -2.60. The van der Waals surface area contributed by atoms with Crippen molar-refractivity contribution in [2.45, 2.75) is 269 Å². The zero-order valence-corrected chi connectivity index (χ0v) is 47.7. The molecule has 3 N–H and O–H groups in total. The molecule has 0 aromatic rings. The van der Waals surface area contributed by atoms with E-state index in [0.717, 1.165) is 32.1 Å². The number of hydrogen-bond donors (Lipinski definition) is 3. The van der Waals surface area contributed by atoms with Crippen molar-refractivity contribution in [3.05, 3.63) is 12.2 Å². The number of aliphatic hydroxyl groups excluding tert-OH is 1. The monoisotopic (exact) mass is 1050 g/mol. The Balaban J connectivity index is 0.864. The third kappa shape index (κ3) is 10.1. The lowest BCUT2D eigenvalue weighted by atomic mass is 9.58. The number of carbonyl (C=O) groups is 2. The number of ketones is 1. The van der Waals surface area contributed by atoms with Crippen molar-refractivity contribution in [1.82, 2.24) is 5.32 Å². The van der Waals surface area contributed by atoms with Gasteiger partial charge in [-0.3, -0.25) is 14.9 Å². The van der Waals surface area contributed by atoms with Gasteiger partial charge in [-0.05, 0) is 128 Å². The van der Waals surface area contributed by atoms with Crippen LogP contribution in [0.15, 0.2) is 12.2 Å². The van der Waals surface area contributed by atoms with Gasteiger partial charge < -0.3 is 48.1 Å². The quantitative estimate of drug-likeness (QED) is 0.0612. The third-order valence-electron chi connectivity index (χ3n) is 21.2. The fourth-order valence-corrected chi connectivity index (χ4v) is 16.1. The van der Waals surface area contributed by atoms with E-state index < -0.39 is 94.8 Å². The number of fused-ring (bicyclic) bond motifs is 2. The van der Waals surface area contributed by atoms with Gasteiger partial charge in [-0.15, -0.1) is 6.42 Å². The summed E-state index contributed by atoms with van der Waals surface area (Å²) in [7, 11) is 0. The van der Waals surface area contributed by atoms with Crippen LogP contribution in [0.25, 0.3) is 0 Å². The van der Waals surface area contributed by atoms with E-state index in [-0.39, 0.29) is 65.5 Å². The molecule has 0 radical (unpaired) electrons. The number of carbonyl (C=O) groups excluding carboxylic acids is 2.